The largest absolute Gasteiger partial charge is 0.446 e. The van der Waals surface area contributed by atoms with Crippen LogP contribution in [0.4, 0.5) is 13.2 Å². The third-order valence-corrected chi connectivity index (χ3v) is 4.59. The van der Waals surface area contributed by atoms with E-state index < -0.39 is 11.6 Å². The number of piperazine rings is 1. The van der Waals surface area contributed by atoms with Gasteiger partial charge < -0.3 is 10.2 Å². The standard InChI is InChI=1S/C14H13F3N2O2S/c15-14(16,17)22-10-3-1-2-8(6-10)13(21)19-9-4-5-11(19)12(20)18-7-9/h1-3,6,9,11H,4-5,7H2,(H,18,20). The lowest BCUT2D eigenvalue weighted by atomic mass is 10.1. The minimum Gasteiger partial charge on any atom is -0.352 e. The van der Waals surface area contributed by atoms with Crippen LogP contribution in [0.25, 0.3) is 0 Å². The third kappa shape index (κ3) is 2.92. The average Bonchev–Trinajstić information content (AvgIpc) is 2.77. The molecule has 22 heavy (non-hydrogen) atoms. The van der Waals surface area contributed by atoms with Gasteiger partial charge in [-0.05, 0) is 42.8 Å². The van der Waals surface area contributed by atoms with E-state index in [2.05, 4.69) is 5.32 Å². The van der Waals surface area contributed by atoms with Gasteiger partial charge in [0.2, 0.25) is 5.91 Å². The highest BCUT2D eigenvalue weighted by molar-refractivity contribution is 8.00. The normalized spacial score (nSPS) is 24.3. The predicted octanol–water partition coefficient (Wildman–Crippen LogP) is 2.40. The van der Waals surface area contributed by atoms with E-state index in [1.165, 1.54) is 29.2 Å². The van der Waals surface area contributed by atoms with Gasteiger partial charge in [0.15, 0.2) is 0 Å². The Morgan fingerprint density at radius 3 is 2.82 bits per heavy atom. The molecule has 2 unspecified atom stereocenters. The van der Waals surface area contributed by atoms with E-state index in [0.29, 0.717) is 13.0 Å². The van der Waals surface area contributed by atoms with E-state index in [-0.39, 0.29) is 40.1 Å². The second-order valence-corrected chi connectivity index (χ2v) is 6.42. The highest BCUT2D eigenvalue weighted by Crippen LogP contribution is 2.37. The van der Waals surface area contributed by atoms with Crippen molar-refractivity contribution in [2.24, 2.45) is 0 Å². The first kappa shape index (κ1) is 15.2. The maximum Gasteiger partial charge on any atom is 0.446 e. The number of thioether (sulfide) groups is 1. The second-order valence-electron chi connectivity index (χ2n) is 5.28. The van der Waals surface area contributed by atoms with Gasteiger partial charge in [-0.2, -0.15) is 13.2 Å². The number of benzene rings is 1. The Kier molecular flexibility index (Phi) is 3.80. The van der Waals surface area contributed by atoms with Gasteiger partial charge in [-0.15, -0.1) is 0 Å². The Hall–Kier alpha value is -1.70. The fourth-order valence-corrected chi connectivity index (χ4v) is 3.56. The highest BCUT2D eigenvalue weighted by Gasteiger charge is 2.44. The van der Waals surface area contributed by atoms with Crippen LogP contribution in [0.2, 0.25) is 0 Å². The summed E-state index contributed by atoms with van der Waals surface area (Å²) in [6.45, 7) is 0.401. The highest BCUT2D eigenvalue weighted by atomic mass is 32.2. The quantitative estimate of drug-likeness (QED) is 0.847. The van der Waals surface area contributed by atoms with Crippen LogP contribution in [-0.4, -0.2) is 40.9 Å². The number of nitrogens with one attached hydrogen (secondary N) is 1. The van der Waals surface area contributed by atoms with Crippen molar-refractivity contribution in [1.82, 2.24) is 10.2 Å². The van der Waals surface area contributed by atoms with E-state index in [9.17, 15) is 22.8 Å². The molecule has 8 heteroatoms. The van der Waals surface area contributed by atoms with Crippen molar-refractivity contribution in [2.45, 2.75) is 35.3 Å². The molecule has 1 N–H and O–H groups in total. The lowest BCUT2D eigenvalue weighted by Crippen LogP contribution is -2.57. The molecule has 0 radical (unpaired) electrons. The number of halogens is 3. The van der Waals surface area contributed by atoms with E-state index in [4.69, 9.17) is 0 Å². The van der Waals surface area contributed by atoms with Crippen molar-refractivity contribution in [1.29, 1.82) is 0 Å². The van der Waals surface area contributed by atoms with Crippen molar-refractivity contribution >= 4 is 23.6 Å². The van der Waals surface area contributed by atoms with Gasteiger partial charge in [-0.1, -0.05) is 6.07 Å². The monoisotopic (exact) mass is 330 g/mol. The zero-order valence-electron chi connectivity index (χ0n) is 11.4. The summed E-state index contributed by atoms with van der Waals surface area (Å²) in [6, 6.07) is 4.86. The van der Waals surface area contributed by atoms with Gasteiger partial charge in [0.05, 0.1) is 6.04 Å². The van der Waals surface area contributed by atoms with Gasteiger partial charge >= 0.3 is 5.51 Å². The molecule has 2 aliphatic rings. The second kappa shape index (κ2) is 5.49. The SMILES string of the molecule is O=C1NCC2CCC1N2C(=O)c1cccc(SC(F)(F)F)c1. The minimum atomic E-state index is -4.40. The molecular weight excluding hydrogens is 317 g/mol. The van der Waals surface area contributed by atoms with Crippen LogP contribution in [0.3, 0.4) is 0 Å². The fraction of sp³-hybridized carbons (Fsp3) is 0.429. The van der Waals surface area contributed by atoms with Crippen LogP contribution >= 0.6 is 11.8 Å². The smallest absolute Gasteiger partial charge is 0.352 e. The summed E-state index contributed by atoms with van der Waals surface area (Å²) in [6.07, 6.45) is 1.32. The van der Waals surface area contributed by atoms with Crippen LogP contribution in [0.5, 0.6) is 0 Å². The zero-order chi connectivity index (χ0) is 15.9. The summed E-state index contributed by atoms with van der Waals surface area (Å²) in [4.78, 5) is 25.8. The molecule has 2 fully saturated rings. The molecule has 118 valence electrons. The number of hydrogen-bond acceptors (Lipinski definition) is 3. The summed E-state index contributed by atoms with van der Waals surface area (Å²) >= 11 is -0.253. The molecule has 2 atom stereocenters. The molecule has 2 heterocycles. The Bertz CT molecular complexity index is 620. The third-order valence-electron chi connectivity index (χ3n) is 3.87. The number of amides is 2. The molecule has 0 spiro atoms. The molecule has 0 saturated carbocycles. The maximum atomic E-state index is 12.6. The van der Waals surface area contributed by atoms with Gasteiger partial charge in [0.25, 0.3) is 5.91 Å². The van der Waals surface area contributed by atoms with E-state index in [0.717, 1.165) is 6.42 Å². The van der Waals surface area contributed by atoms with E-state index in [1.807, 2.05) is 0 Å². The van der Waals surface area contributed by atoms with Gasteiger partial charge in [-0.25, -0.2) is 0 Å². The van der Waals surface area contributed by atoms with Gasteiger partial charge in [0.1, 0.15) is 6.04 Å². The Morgan fingerprint density at radius 2 is 2.09 bits per heavy atom. The molecule has 2 aliphatic heterocycles. The van der Waals surface area contributed by atoms with E-state index >= 15 is 0 Å². The van der Waals surface area contributed by atoms with Crippen molar-refractivity contribution in [3.05, 3.63) is 29.8 Å². The number of rotatable bonds is 2. The van der Waals surface area contributed by atoms with Crippen molar-refractivity contribution < 1.29 is 22.8 Å². The first-order chi connectivity index (χ1) is 10.3. The average molecular weight is 330 g/mol. The Morgan fingerprint density at radius 1 is 1.32 bits per heavy atom. The van der Waals surface area contributed by atoms with Crippen LogP contribution in [0, 0.1) is 0 Å². The number of alkyl halides is 3. The Labute approximate surface area is 129 Å². The molecule has 3 rings (SSSR count). The van der Waals surface area contributed by atoms with E-state index in [1.54, 1.807) is 0 Å². The Balaban J connectivity index is 1.84. The number of carbonyl (C=O) groups excluding carboxylic acids is 2. The van der Waals surface area contributed by atoms with Crippen LogP contribution in [-0.2, 0) is 4.79 Å². The van der Waals surface area contributed by atoms with Crippen LogP contribution in [0.15, 0.2) is 29.2 Å². The van der Waals surface area contributed by atoms with Gasteiger partial charge in [0, 0.05) is 17.0 Å². The molecule has 1 aromatic carbocycles. The molecule has 2 amide bonds. The molecule has 0 aliphatic carbocycles. The van der Waals surface area contributed by atoms with Crippen molar-refractivity contribution in [2.75, 3.05) is 6.54 Å². The summed E-state index contributed by atoms with van der Waals surface area (Å²) in [5.74, 6) is -0.574. The summed E-state index contributed by atoms with van der Waals surface area (Å²) in [7, 11) is 0. The molecular formula is C14H13F3N2O2S. The summed E-state index contributed by atoms with van der Waals surface area (Å²) < 4.78 is 37.3. The molecule has 1 aromatic rings. The molecule has 2 bridgehead atoms. The minimum absolute atomic E-state index is 0.0350. The predicted molar refractivity (Wildman–Crippen MR) is 74.3 cm³/mol. The summed E-state index contributed by atoms with van der Waals surface area (Å²) in [5.41, 5.74) is -4.22. The van der Waals surface area contributed by atoms with Crippen LogP contribution < -0.4 is 5.32 Å². The lowest BCUT2D eigenvalue weighted by Gasteiger charge is -2.34. The van der Waals surface area contributed by atoms with Gasteiger partial charge in [-0.3, -0.25) is 9.59 Å². The van der Waals surface area contributed by atoms with Crippen LogP contribution in [0.1, 0.15) is 23.2 Å². The lowest BCUT2D eigenvalue weighted by molar-refractivity contribution is -0.127. The molecule has 0 aromatic heterocycles. The number of carbonyl (C=O) groups is 2. The zero-order valence-corrected chi connectivity index (χ0v) is 12.2. The van der Waals surface area contributed by atoms with Crippen molar-refractivity contribution in [3.8, 4) is 0 Å². The molecule has 2 saturated heterocycles. The number of fused-ring (bicyclic) bond motifs is 2. The summed E-state index contributed by atoms with van der Waals surface area (Å²) in [5, 5.41) is 2.74. The number of hydrogen-bond donors (Lipinski definition) is 1. The topological polar surface area (TPSA) is 49.4 Å². The first-order valence-corrected chi connectivity index (χ1v) is 7.63. The maximum absolute atomic E-state index is 12.6. The molecule has 4 nitrogen and oxygen atoms in total. The van der Waals surface area contributed by atoms with Crippen molar-refractivity contribution in [3.63, 3.8) is 0 Å². The fourth-order valence-electron chi connectivity index (χ4n) is 2.96. The number of nitrogens with zero attached hydrogens (tertiary/aromatic N) is 1. The first-order valence-electron chi connectivity index (χ1n) is 6.81.